The van der Waals surface area contributed by atoms with Crippen molar-refractivity contribution < 1.29 is 40.8 Å². The fraction of sp³-hybridized carbons (Fsp3) is 0.750. The van der Waals surface area contributed by atoms with Gasteiger partial charge in [-0.1, -0.05) is 103 Å². The summed E-state index contributed by atoms with van der Waals surface area (Å²) in [7, 11) is 0. The van der Waals surface area contributed by atoms with Crippen LogP contribution in [0.25, 0.3) is 0 Å². The molecule has 1 unspecified atom stereocenters. The van der Waals surface area contributed by atoms with Gasteiger partial charge < -0.3 is 27.2 Å². The van der Waals surface area contributed by atoms with Gasteiger partial charge in [-0.25, -0.2) is 4.57 Å². The quantitative estimate of drug-likeness (QED) is 0.108. The molecule has 40 heavy (non-hydrogen) atoms. The van der Waals surface area contributed by atoms with Crippen molar-refractivity contribution in [1.29, 1.82) is 0 Å². The minimum atomic E-state index is -0.681. The number of nitrogens with one attached hydrogen (secondary N) is 1. The van der Waals surface area contributed by atoms with E-state index >= 15 is 0 Å². The van der Waals surface area contributed by atoms with Crippen molar-refractivity contribution >= 4 is 17.8 Å². The molecule has 230 valence electrons. The van der Waals surface area contributed by atoms with Gasteiger partial charge in [0.25, 0.3) is 0 Å². The van der Waals surface area contributed by atoms with Gasteiger partial charge in [-0.3, -0.25) is 14.4 Å². The first-order valence-corrected chi connectivity index (χ1v) is 15.5. The lowest BCUT2D eigenvalue weighted by molar-refractivity contribution is -0.697. The molecule has 1 rings (SSSR count). The largest absolute Gasteiger partial charge is 1.00 e. The Labute approximate surface area is 249 Å². The summed E-state index contributed by atoms with van der Waals surface area (Å²) in [5.41, 5.74) is 0. The molecule has 8 heteroatoms. The van der Waals surface area contributed by atoms with Crippen LogP contribution in [0.3, 0.4) is 0 Å². The summed E-state index contributed by atoms with van der Waals surface area (Å²) in [6.45, 7) is 4.38. The van der Waals surface area contributed by atoms with E-state index in [-0.39, 0.29) is 43.9 Å². The van der Waals surface area contributed by atoms with Crippen LogP contribution in [0.15, 0.2) is 30.6 Å². The lowest BCUT2D eigenvalue weighted by atomic mass is 10.0. The molecule has 7 nitrogen and oxygen atoms in total. The van der Waals surface area contributed by atoms with Gasteiger partial charge in [0.1, 0.15) is 13.2 Å². The highest BCUT2D eigenvalue weighted by Crippen LogP contribution is 2.13. The van der Waals surface area contributed by atoms with Crippen LogP contribution in [0.2, 0.25) is 0 Å². The Bertz CT molecular complexity index is 763. The molecular formula is C32H55ClN2O5. The lowest BCUT2D eigenvalue weighted by Gasteiger charge is -2.17. The Kier molecular flexibility index (Phi) is 25.6. The van der Waals surface area contributed by atoms with Gasteiger partial charge in [0.2, 0.25) is 5.91 Å². The summed E-state index contributed by atoms with van der Waals surface area (Å²) in [5.74, 6) is -0.867. The third-order valence-corrected chi connectivity index (χ3v) is 6.87. The number of hydrogen-bond acceptors (Lipinski definition) is 5. The molecule has 0 saturated carbocycles. The summed E-state index contributed by atoms with van der Waals surface area (Å²) < 4.78 is 12.5. The minimum Gasteiger partial charge on any atom is -1.00 e. The predicted octanol–water partition coefficient (Wildman–Crippen LogP) is 3.61. The van der Waals surface area contributed by atoms with Crippen molar-refractivity contribution in [2.24, 2.45) is 0 Å². The Morgan fingerprint density at radius 1 is 0.725 bits per heavy atom. The molecule has 1 atom stereocenters. The van der Waals surface area contributed by atoms with E-state index < -0.39 is 12.1 Å². The summed E-state index contributed by atoms with van der Waals surface area (Å²) in [5, 5.41) is 2.82. The van der Waals surface area contributed by atoms with E-state index in [9.17, 15) is 14.4 Å². The zero-order valence-electron chi connectivity index (χ0n) is 25.2. The van der Waals surface area contributed by atoms with Crippen molar-refractivity contribution in [3.63, 3.8) is 0 Å². The van der Waals surface area contributed by atoms with Crippen LogP contribution in [0, 0.1) is 0 Å². The fourth-order valence-corrected chi connectivity index (χ4v) is 4.59. The number of rotatable bonds is 25. The van der Waals surface area contributed by atoms with Gasteiger partial charge in [-0.05, 0) is 6.42 Å². The first-order chi connectivity index (χ1) is 19.0. The number of aromatic nitrogens is 1. The van der Waals surface area contributed by atoms with E-state index in [2.05, 4.69) is 12.2 Å². The number of halogens is 1. The predicted molar refractivity (Wildman–Crippen MR) is 155 cm³/mol. The molecule has 0 radical (unpaired) electrons. The molecule has 1 heterocycles. The Morgan fingerprint density at radius 2 is 1.25 bits per heavy atom. The van der Waals surface area contributed by atoms with E-state index in [1.165, 1.54) is 90.4 Å². The van der Waals surface area contributed by atoms with Gasteiger partial charge in [0.15, 0.2) is 18.5 Å². The molecule has 0 aliphatic carbocycles. The molecule has 1 amide bonds. The average Bonchev–Trinajstić information content (AvgIpc) is 2.92. The van der Waals surface area contributed by atoms with E-state index in [4.69, 9.17) is 9.47 Å². The maximum absolute atomic E-state index is 12.2. The highest BCUT2D eigenvalue weighted by atomic mass is 35.5. The number of hydrogen-bond donors (Lipinski definition) is 1. The molecule has 0 saturated heterocycles. The third kappa shape index (κ3) is 23.7. The number of carbonyl (C=O) groups is 3. The van der Waals surface area contributed by atoms with Crippen molar-refractivity contribution in [3.8, 4) is 0 Å². The molecule has 0 fully saturated rings. The van der Waals surface area contributed by atoms with E-state index in [1.807, 2.05) is 35.2 Å². The first-order valence-electron chi connectivity index (χ1n) is 15.5. The number of carbonyl (C=O) groups excluding carboxylic acids is 3. The highest BCUT2D eigenvalue weighted by Gasteiger charge is 2.16. The van der Waals surface area contributed by atoms with Gasteiger partial charge in [-0.15, -0.1) is 0 Å². The van der Waals surface area contributed by atoms with Gasteiger partial charge in [0.05, 0.1) is 13.0 Å². The number of amides is 1. The van der Waals surface area contributed by atoms with Gasteiger partial charge in [-0.2, -0.15) is 0 Å². The average molecular weight is 583 g/mol. The smallest absolute Gasteiger partial charge is 0.306 e. The summed E-state index contributed by atoms with van der Waals surface area (Å²) in [6, 6.07) is 5.83. The Balaban J connectivity index is 0.0000152. The second-order valence-electron chi connectivity index (χ2n) is 10.6. The van der Waals surface area contributed by atoms with E-state index in [0.29, 0.717) is 12.8 Å². The molecule has 1 aromatic rings. The minimum absolute atomic E-state index is 0. The molecule has 0 spiro atoms. The lowest BCUT2D eigenvalue weighted by Crippen LogP contribution is -3.00. The number of esters is 2. The normalized spacial score (nSPS) is 11.3. The van der Waals surface area contributed by atoms with Crippen LogP contribution < -0.4 is 22.3 Å². The second-order valence-corrected chi connectivity index (χ2v) is 10.6. The topological polar surface area (TPSA) is 85.6 Å². The van der Waals surface area contributed by atoms with Crippen LogP contribution in [0.4, 0.5) is 0 Å². The Morgan fingerprint density at radius 3 is 1.77 bits per heavy atom. The standard InChI is InChI=1S/C32H54N2O5.ClH/c1-3-4-5-6-7-8-9-10-11-12-13-14-15-16-18-22-31(36)33-27-30(39-29(2)35)28-38-32(37)23-21-26-34-24-19-17-20-25-34;/h17,19-20,24-25,30H,3-16,18,21-23,26-28H2,1-2H3;1H. The zero-order chi connectivity index (χ0) is 28.4. The maximum atomic E-state index is 12.2. The molecule has 0 aliphatic rings. The zero-order valence-corrected chi connectivity index (χ0v) is 25.9. The van der Waals surface area contributed by atoms with Crippen LogP contribution in [0.5, 0.6) is 0 Å². The molecule has 0 bridgehead atoms. The van der Waals surface area contributed by atoms with E-state index in [1.54, 1.807) is 0 Å². The van der Waals surface area contributed by atoms with E-state index in [0.717, 1.165) is 19.4 Å². The highest BCUT2D eigenvalue weighted by molar-refractivity contribution is 5.76. The van der Waals surface area contributed by atoms with Crippen molar-refractivity contribution in [3.05, 3.63) is 30.6 Å². The summed E-state index contributed by atoms with van der Waals surface area (Å²) in [6.07, 6.45) is 24.0. The van der Waals surface area contributed by atoms with Gasteiger partial charge in [0, 0.05) is 31.9 Å². The second kappa shape index (κ2) is 27.0. The van der Waals surface area contributed by atoms with Crippen molar-refractivity contribution in [2.45, 2.75) is 142 Å². The number of ether oxygens (including phenoxy) is 2. The molecule has 1 N–H and O–H groups in total. The first kappa shape index (κ1) is 37.9. The number of nitrogens with zero attached hydrogens (tertiary/aromatic N) is 1. The monoisotopic (exact) mass is 582 g/mol. The van der Waals surface area contributed by atoms with Crippen molar-refractivity contribution in [2.75, 3.05) is 13.2 Å². The van der Waals surface area contributed by atoms with Crippen molar-refractivity contribution in [1.82, 2.24) is 5.32 Å². The van der Waals surface area contributed by atoms with Crippen LogP contribution in [0.1, 0.15) is 129 Å². The SMILES string of the molecule is CCCCCCCCCCCCCCCCCC(=O)NCC(COC(=O)CCC[n+]1ccccc1)OC(C)=O.[Cl-]. The van der Waals surface area contributed by atoms with Crippen LogP contribution >= 0.6 is 0 Å². The molecular weight excluding hydrogens is 528 g/mol. The number of unbranched alkanes of at least 4 members (excludes halogenated alkanes) is 14. The summed E-state index contributed by atoms with van der Waals surface area (Å²) >= 11 is 0. The van der Waals surface area contributed by atoms with Crippen LogP contribution in [-0.4, -0.2) is 37.1 Å². The maximum Gasteiger partial charge on any atom is 0.306 e. The number of pyridine rings is 1. The molecule has 0 aromatic carbocycles. The molecule has 0 aliphatic heterocycles. The third-order valence-electron chi connectivity index (χ3n) is 6.87. The molecule has 1 aromatic heterocycles. The summed E-state index contributed by atoms with van der Waals surface area (Å²) in [4.78, 5) is 35.7. The van der Waals surface area contributed by atoms with Gasteiger partial charge >= 0.3 is 11.9 Å². The fourth-order valence-electron chi connectivity index (χ4n) is 4.59. The Hall–Kier alpha value is -2.15. The number of aryl methyl sites for hydroxylation is 1. The van der Waals surface area contributed by atoms with Crippen LogP contribution in [-0.2, 0) is 30.4 Å².